The number of halogens is 3. The molecule has 1 nitrogen and oxygen atoms in total. The molecule has 0 atom stereocenters. The molecule has 0 heterocycles. The van der Waals surface area contributed by atoms with Gasteiger partial charge in [-0.3, -0.25) is 0 Å². The number of hydrogen-bond acceptors (Lipinski definition) is 1. The largest absolute Gasteiger partial charge is 0.435 e. The minimum absolute atomic E-state index is 0.175. The van der Waals surface area contributed by atoms with Crippen molar-refractivity contribution in [3.63, 3.8) is 0 Å². The Morgan fingerprint density at radius 1 is 1.20 bits per heavy atom. The summed E-state index contributed by atoms with van der Waals surface area (Å²) in [5, 5.41) is 0. The second-order valence-corrected chi connectivity index (χ2v) is 5.21. The van der Waals surface area contributed by atoms with Crippen LogP contribution in [0.1, 0.15) is 16.7 Å². The monoisotopic (exact) mass is 338 g/mol. The Morgan fingerprint density at radius 2 is 1.90 bits per heavy atom. The molecule has 2 aromatic carbocycles. The van der Waals surface area contributed by atoms with Crippen LogP contribution in [-0.2, 0) is 0 Å². The van der Waals surface area contributed by atoms with Crippen LogP contribution in [0.2, 0.25) is 0 Å². The molecule has 0 spiro atoms. The van der Waals surface area contributed by atoms with Gasteiger partial charge in [-0.1, -0.05) is 46.8 Å². The first-order chi connectivity index (χ1) is 9.49. The van der Waals surface area contributed by atoms with Crippen LogP contribution in [0.3, 0.4) is 0 Å². The highest BCUT2D eigenvalue weighted by Gasteiger charge is 2.12. The van der Waals surface area contributed by atoms with Gasteiger partial charge in [-0.25, -0.2) is 0 Å². The molecule has 104 valence electrons. The fourth-order valence-corrected chi connectivity index (χ4v) is 2.40. The SMILES string of the molecule is C=C(c1cccc(Br)c1)c1cccc(OC(F)F)c1C. The van der Waals surface area contributed by atoms with E-state index >= 15 is 0 Å². The van der Waals surface area contributed by atoms with Gasteiger partial charge in [-0.2, -0.15) is 8.78 Å². The zero-order valence-corrected chi connectivity index (χ0v) is 12.5. The van der Waals surface area contributed by atoms with Gasteiger partial charge in [0.15, 0.2) is 0 Å². The molecule has 0 aliphatic carbocycles. The van der Waals surface area contributed by atoms with E-state index in [0.717, 1.165) is 21.2 Å². The molecule has 0 unspecified atom stereocenters. The van der Waals surface area contributed by atoms with Gasteiger partial charge in [0.2, 0.25) is 0 Å². The molecule has 0 amide bonds. The highest BCUT2D eigenvalue weighted by Crippen LogP contribution is 2.31. The van der Waals surface area contributed by atoms with Gasteiger partial charge in [0.1, 0.15) is 5.75 Å². The van der Waals surface area contributed by atoms with Crippen LogP contribution in [0.4, 0.5) is 8.78 Å². The molecule has 4 heteroatoms. The Kier molecular flexibility index (Phi) is 4.55. The normalized spacial score (nSPS) is 10.7. The molecular weight excluding hydrogens is 326 g/mol. The van der Waals surface area contributed by atoms with Crippen molar-refractivity contribution in [2.24, 2.45) is 0 Å². The second kappa shape index (κ2) is 6.18. The molecule has 0 aliphatic rings. The van der Waals surface area contributed by atoms with E-state index in [1.165, 1.54) is 6.07 Å². The fourth-order valence-electron chi connectivity index (χ4n) is 2.00. The minimum Gasteiger partial charge on any atom is -0.435 e. The standard InChI is InChI=1S/C16H13BrF2O/c1-10(12-5-3-6-13(17)9-12)14-7-4-8-15(11(14)2)20-16(18)19/h3-9,16H,1H2,2H3. The van der Waals surface area contributed by atoms with Crippen LogP contribution >= 0.6 is 15.9 Å². The maximum absolute atomic E-state index is 12.4. The summed E-state index contributed by atoms with van der Waals surface area (Å²) in [5.41, 5.74) is 3.14. The van der Waals surface area contributed by atoms with Crippen LogP contribution in [0.15, 0.2) is 53.5 Å². The Morgan fingerprint density at radius 3 is 2.55 bits per heavy atom. The lowest BCUT2D eigenvalue weighted by atomic mass is 9.95. The lowest BCUT2D eigenvalue weighted by Crippen LogP contribution is -2.04. The van der Waals surface area contributed by atoms with E-state index in [1.807, 2.05) is 30.3 Å². The summed E-state index contributed by atoms with van der Waals surface area (Å²) in [6.45, 7) is 2.97. The number of alkyl halides is 2. The van der Waals surface area contributed by atoms with Crippen molar-refractivity contribution in [2.75, 3.05) is 0 Å². The highest BCUT2D eigenvalue weighted by atomic mass is 79.9. The van der Waals surface area contributed by atoms with E-state index < -0.39 is 6.61 Å². The number of ether oxygens (including phenoxy) is 1. The summed E-state index contributed by atoms with van der Waals surface area (Å²) in [4.78, 5) is 0. The molecular formula is C16H13BrF2O. The Labute approximate surface area is 125 Å². The maximum Gasteiger partial charge on any atom is 0.387 e. The summed E-state index contributed by atoms with van der Waals surface area (Å²) in [6.07, 6.45) is 0. The minimum atomic E-state index is -2.83. The number of hydrogen-bond donors (Lipinski definition) is 0. The lowest BCUT2D eigenvalue weighted by Gasteiger charge is -2.14. The van der Waals surface area contributed by atoms with E-state index in [9.17, 15) is 8.78 Å². The smallest absolute Gasteiger partial charge is 0.387 e. The molecule has 0 saturated heterocycles. The van der Waals surface area contributed by atoms with Crippen molar-refractivity contribution in [2.45, 2.75) is 13.5 Å². The van der Waals surface area contributed by atoms with Crippen LogP contribution in [0, 0.1) is 6.92 Å². The topological polar surface area (TPSA) is 9.23 Å². The third-order valence-electron chi connectivity index (χ3n) is 3.00. The molecule has 20 heavy (non-hydrogen) atoms. The van der Waals surface area contributed by atoms with Crippen molar-refractivity contribution in [3.05, 3.63) is 70.2 Å². The summed E-state index contributed by atoms with van der Waals surface area (Å²) in [5.74, 6) is 0.175. The molecule has 0 saturated carbocycles. The zero-order chi connectivity index (χ0) is 14.7. The number of benzene rings is 2. The first-order valence-electron chi connectivity index (χ1n) is 5.98. The molecule has 0 bridgehead atoms. The van der Waals surface area contributed by atoms with Gasteiger partial charge < -0.3 is 4.74 Å². The van der Waals surface area contributed by atoms with Gasteiger partial charge in [-0.15, -0.1) is 0 Å². The van der Waals surface area contributed by atoms with Crippen LogP contribution in [0.5, 0.6) is 5.75 Å². The molecule has 0 aromatic heterocycles. The van der Waals surface area contributed by atoms with E-state index in [1.54, 1.807) is 13.0 Å². The Hall–Kier alpha value is -1.68. The summed E-state index contributed by atoms with van der Waals surface area (Å²) >= 11 is 3.40. The van der Waals surface area contributed by atoms with Crippen LogP contribution in [0.25, 0.3) is 5.57 Å². The van der Waals surface area contributed by atoms with Crippen molar-refractivity contribution in [3.8, 4) is 5.75 Å². The van der Waals surface area contributed by atoms with Gasteiger partial charge >= 0.3 is 6.61 Å². The Bertz CT molecular complexity index is 638. The van der Waals surface area contributed by atoms with Crippen molar-refractivity contribution in [1.29, 1.82) is 0 Å². The predicted molar refractivity (Wildman–Crippen MR) is 80.1 cm³/mol. The van der Waals surface area contributed by atoms with Gasteiger partial charge in [-0.05, 0) is 47.4 Å². The Balaban J connectivity index is 2.40. The second-order valence-electron chi connectivity index (χ2n) is 4.30. The van der Waals surface area contributed by atoms with E-state index in [-0.39, 0.29) is 5.75 Å². The quantitative estimate of drug-likeness (QED) is 0.723. The van der Waals surface area contributed by atoms with Gasteiger partial charge in [0.05, 0.1) is 0 Å². The zero-order valence-electron chi connectivity index (χ0n) is 10.9. The molecule has 2 aromatic rings. The number of rotatable bonds is 4. The fraction of sp³-hybridized carbons (Fsp3) is 0.125. The maximum atomic E-state index is 12.4. The van der Waals surface area contributed by atoms with Crippen LogP contribution < -0.4 is 4.74 Å². The van der Waals surface area contributed by atoms with Crippen molar-refractivity contribution in [1.82, 2.24) is 0 Å². The molecule has 0 radical (unpaired) electrons. The first kappa shape index (κ1) is 14.7. The van der Waals surface area contributed by atoms with E-state index in [4.69, 9.17) is 0 Å². The lowest BCUT2D eigenvalue weighted by molar-refractivity contribution is -0.0503. The first-order valence-corrected chi connectivity index (χ1v) is 6.78. The summed E-state index contributed by atoms with van der Waals surface area (Å²) < 4.78 is 30.2. The van der Waals surface area contributed by atoms with Crippen molar-refractivity contribution >= 4 is 21.5 Å². The molecule has 2 rings (SSSR count). The van der Waals surface area contributed by atoms with Gasteiger partial charge in [0.25, 0.3) is 0 Å². The van der Waals surface area contributed by atoms with E-state index in [2.05, 4.69) is 27.2 Å². The third-order valence-corrected chi connectivity index (χ3v) is 3.49. The van der Waals surface area contributed by atoms with Gasteiger partial charge in [0, 0.05) is 4.47 Å². The molecule has 0 N–H and O–H groups in total. The van der Waals surface area contributed by atoms with E-state index in [0.29, 0.717) is 5.56 Å². The van der Waals surface area contributed by atoms with Crippen LogP contribution in [-0.4, -0.2) is 6.61 Å². The average molecular weight is 339 g/mol. The average Bonchev–Trinajstić information content (AvgIpc) is 2.40. The van der Waals surface area contributed by atoms with Crippen molar-refractivity contribution < 1.29 is 13.5 Å². The highest BCUT2D eigenvalue weighted by molar-refractivity contribution is 9.10. The molecule has 0 aliphatic heterocycles. The summed E-state index contributed by atoms with van der Waals surface area (Å²) in [6, 6.07) is 12.7. The molecule has 0 fully saturated rings. The summed E-state index contributed by atoms with van der Waals surface area (Å²) in [7, 11) is 0. The third kappa shape index (κ3) is 3.25. The predicted octanol–water partition coefficient (Wildman–Crippen LogP) is 5.42.